The first kappa shape index (κ1) is 13.2. The monoisotopic (exact) mass is 238 g/mol. The average Bonchev–Trinajstić information content (AvgIpc) is 2.60. The molecule has 94 valence electrons. The van der Waals surface area contributed by atoms with Gasteiger partial charge in [-0.05, 0) is 13.8 Å². The molecule has 0 atom stereocenters. The van der Waals surface area contributed by atoms with Gasteiger partial charge in [-0.15, -0.1) is 0 Å². The summed E-state index contributed by atoms with van der Waals surface area (Å²) < 4.78 is 1.63. The molecule has 0 saturated heterocycles. The van der Waals surface area contributed by atoms with Crippen LogP contribution in [0.5, 0.6) is 0 Å². The van der Waals surface area contributed by atoms with Crippen LogP contribution in [-0.4, -0.2) is 42.1 Å². The van der Waals surface area contributed by atoms with Gasteiger partial charge in [0.1, 0.15) is 5.82 Å². The lowest BCUT2D eigenvalue weighted by Gasteiger charge is -2.22. The molecule has 6 heteroatoms. The number of carbonyl (C=O) groups excluding carboxylic acids is 2. The molecule has 1 aromatic rings. The lowest BCUT2D eigenvalue weighted by Crippen LogP contribution is -2.37. The Morgan fingerprint density at radius 1 is 1.59 bits per heavy atom. The van der Waals surface area contributed by atoms with Crippen molar-refractivity contribution in [2.75, 3.05) is 25.0 Å². The normalized spacial score (nSPS) is 10.1. The number of nitrogens with one attached hydrogen (secondary N) is 1. The molecule has 1 amide bonds. The number of nitrogens with zero attached hydrogens (tertiary/aromatic N) is 3. The highest BCUT2D eigenvalue weighted by Crippen LogP contribution is 2.20. The Labute approximate surface area is 101 Å². The Balaban J connectivity index is 3.10. The molecule has 0 unspecified atom stereocenters. The van der Waals surface area contributed by atoms with Gasteiger partial charge in [-0.3, -0.25) is 14.3 Å². The van der Waals surface area contributed by atoms with Gasteiger partial charge in [0.2, 0.25) is 5.91 Å². The molecule has 0 bridgehead atoms. The largest absolute Gasteiger partial charge is 0.358 e. The van der Waals surface area contributed by atoms with Crippen LogP contribution in [-0.2, 0) is 11.8 Å². The first-order valence-corrected chi connectivity index (χ1v) is 5.49. The minimum absolute atomic E-state index is 0.0949. The molecule has 0 fully saturated rings. The third-order valence-electron chi connectivity index (χ3n) is 2.65. The number of aryl methyl sites for hydroxylation is 2. The Bertz CT molecular complexity index is 425. The molecule has 0 radical (unpaired) electrons. The van der Waals surface area contributed by atoms with Gasteiger partial charge >= 0.3 is 0 Å². The Kier molecular flexibility index (Phi) is 4.25. The maximum atomic E-state index is 11.4. The second-order valence-electron chi connectivity index (χ2n) is 3.75. The van der Waals surface area contributed by atoms with Crippen LogP contribution in [0.4, 0.5) is 5.82 Å². The van der Waals surface area contributed by atoms with Gasteiger partial charge in [0, 0.05) is 20.6 Å². The number of amides is 1. The van der Waals surface area contributed by atoms with E-state index in [1.54, 1.807) is 25.7 Å². The van der Waals surface area contributed by atoms with Crippen LogP contribution in [0.3, 0.4) is 0 Å². The van der Waals surface area contributed by atoms with E-state index >= 15 is 0 Å². The van der Waals surface area contributed by atoms with Crippen LogP contribution in [0.2, 0.25) is 0 Å². The minimum Gasteiger partial charge on any atom is -0.358 e. The summed E-state index contributed by atoms with van der Waals surface area (Å²) in [6.07, 6.45) is 0.782. The molecule has 0 saturated carbocycles. The molecule has 6 nitrogen and oxygen atoms in total. The second kappa shape index (κ2) is 5.47. The maximum absolute atomic E-state index is 11.4. The summed E-state index contributed by atoms with van der Waals surface area (Å²) in [5.74, 6) is 0.589. The van der Waals surface area contributed by atoms with Crippen molar-refractivity contribution in [2.24, 2.45) is 7.05 Å². The van der Waals surface area contributed by atoms with Crippen LogP contribution < -0.4 is 10.2 Å². The van der Waals surface area contributed by atoms with E-state index in [9.17, 15) is 9.59 Å². The van der Waals surface area contributed by atoms with Crippen molar-refractivity contribution in [3.05, 3.63) is 11.3 Å². The number of hydrogen-bond acceptors (Lipinski definition) is 4. The summed E-state index contributed by atoms with van der Waals surface area (Å²) in [4.78, 5) is 24.3. The van der Waals surface area contributed by atoms with Gasteiger partial charge in [0.15, 0.2) is 6.29 Å². The number of likely N-dealkylation sites (N-methyl/N-ethyl adjacent to an activating group) is 2. The van der Waals surface area contributed by atoms with Crippen LogP contribution in [0.25, 0.3) is 0 Å². The lowest BCUT2D eigenvalue weighted by atomic mass is 10.2. The molecule has 1 N–H and O–H groups in total. The van der Waals surface area contributed by atoms with E-state index in [1.165, 1.54) is 0 Å². The van der Waals surface area contributed by atoms with Crippen molar-refractivity contribution < 1.29 is 9.59 Å². The van der Waals surface area contributed by atoms with Crippen molar-refractivity contribution in [1.29, 1.82) is 0 Å². The molecule has 0 aliphatic rings. The van der Waals surface area contributed by atoms with E-state index in [-0.39, 0.29) is 12.5 Å². The highest BCUT2D eigenvalue weighted by molar-refractivity contribution is 5.87. The third-order valence-corrected chi connectivity index (χ3v) is 2.65. The number of rotatable bonds is 5. The Morgan fingerprint density at radius 3 is 2.71 bits per heavy atom. The number of anilines is 1. The predicted octanol–water partition coefficient (Wildman–Crippen LogP) is 0.113. The minimum atomic E-state index is -0.0949. The van der Waals surface area contributed by atoms with Gasteiger partial charge in [0.25, 0.3) is 0 Å². The maximum Gasteiger partial charge on any atom is 0.239 e. The zero-order chi connectivity index (χ0) is 13.0. The summed E-state index contributed by atoms with van der Waals surface area (Å²) in [7, 11) is 3.35. The highest BCUT2D eigenvalue weighted by Gasteiger charge is 2.19. The Hall–Kier alpha value is -1.85. The number of carbonyl (C=O) groups is 2. The smallest absolute Gasteiger partial charge is 0.239 e. The van der Waals surface area contributed by atoms with Crippen molar-refractivity contribution in [1.82, 2.24) is 15.1 Å². The zero-order valence-electron chi connectivity index (χ0n) is 10.6. The molecule has 1 heterocycles. The van der Waals surface area contributed by atoms with Crippen LogP contribution in [0.15, 0.2) is 0 Å². The van der Waals surface area contributed by atoms with Gasteiger partial charge in [-0.25, -0.2) is 0 Å². The van der Waals surface area contributed by atoms with E-state index in [2.05, 4.69) is 10.4 Å². The lowest BCUT2D eigenvalue weighted by molar-refractivity contribution is -0.119. The van der Waals surface area contributed by atoms with Gasteiger partial charge in [0.05, 0.1) is 17.8 Å². The summed E-state index contributed by atoms with van der Waals surface area (Å²) in [5.41, 5.74) is 1.21. The molecule has 0 aliphatic heterocycles. The fourth-order valence-electron chi connectivity index (χ4n) is 1.76. The topological polar surface area (TPSA) is 67.2 Å². The molecular formula is C11H18N4O2. The quantitative estimate of drug-likeness (QED) is 0.739. The fraction of sp³-hybridized carbons (Fsp3) is 0.545. The molecule has 0 spiro atoms. The molecule has 0 aliphatic carbocycles. The summed E-state index contributed by atoms with van der Waals surface area (Å²) >= 11 is 0. The van der Waals surface area contributed by atoms with Gasteiger partial charge < -0.3 is 10.2 Å². The highest BCUT2D eigenvalue weighted by atomic mass is 16.2. The summed E-state index contributed by atoms with van der Waals surface area (Å²) in [6.45, 7) is 4.56. The zero-order valence-corrected chi connectivity index (χ0v) is 10.6. The van der Waals surface area contributed by atoms with Gasteiger partial charge in [-0.1, -0.05) is 0 Å². The van der Waals surface area contributed by atoms with Crippen molar-refractivity contribution >= 4 is 18.0 Å². The van der Waals surface area contributed by atoms with Crippen LogP contribution in [0.1, 0.15) is 23.0 Å². The van der Waals surface area contributed by atoms with E-state index < -0.39 is 0 Å². The average molecular weight is 238 g/mol. The molecular weight excluding hydrogens is 220 g/mol. The van der Waals surface area contributed by atoms with E-state index in [0.29, 0.717) is 23.6 Å². The standard InChI is InChI=1S/C11H18N4O2/c1-5-15(6-10(17)12-3)11-9(7-16)8(2)13-14(11)4/h7H,5-6H2,1-4H3,(H,12,17). The number of aldehydes is 1. The van der Waals surface area contributed by atoms with E-state index in [4.69, 9.17) is 0 Å². The van der Waals surface area contributed by atoms with E-state index in [0.717, 1.165) is 6.29 Å². The SMILES string of the molecule is CCN(CC(=O)NC)c1c(C=O)c(C)nn1C. The molecule has 1 aromatic heterocycles. The predicted molar refractivity (Wildman–Crippen MR) is 65.3 cm³/mol. The summed E-state index contributed by atoms with van der Waals surface area (Å²) in [6, 6.07) is 0. The molecule has 17 heavy (non-hydrogen) atoms. The van der Waals surface area contributed by atoms with Crippen molar-refractivity contribution in [2.45, 2.75) is 13.8 Å². The van der Waals surface area contributed by atoms with E-state index in [1.807, 2.05) is 11.8 Å². The van der Waals surface area contributed by atoms with Crippen LogP contribution >= 0.6 is 0 Å². The van der Waals surface area contributed by atoms with Gasteiger partial charge in [-0.2, -0.15) is 5.10 Å². The second-order valence-corrected chi connectivity index (χ2v) is 3.75. The van der Waals surface area contributed by atoms with Crippen LogP contribution in [0, 0.1) is 6.92 Å². The first-order valence-electron chi connectivity index (χ1n) is 5.49. The molecule has 1 rings (SSSR count). The first-order chi connectivity index (χ1) is 8.04. The molecule has 0 aromatic carbocycles. The third kappa shape index (κ3) is 2.64. The fourth-order valence-corrected chi connectivity index (χ4v) is 1.76. The number of hydrogen-bond donors (Lipinski definition) is 1. The Morgan fingerprint density at radius 2 is 2.24 bits per heavy atom. The van der Waals surface area contributed by atoms with Crippen molar-refractivity contribution in [3.8, 4) is 0 Å². The summed E-state index contributed by atoms with van der Waals surface area (Å²) in [5, 5.41) is 6.76. The number of aromatic nitrogens is 2. The van der Waals surface area contributed by atoms with Crippen molar-refractivity contribution in [3.63, 3.8) is 0 Å².